The Kier molecular flexibility index (Phi) is 4.54. The van der Waals surface area contributed by atoms with Gasteiger partial charge in [0.15, 0.2) is 5.82 Å². The standard InChI is InChI=1S/C26H25N5O/c27-22-8-6-18(7-9-22)25-28-14-21-16-30(12-10-23(21)29-25)15-20-13-19-4-1-3-17-5-2-11-31(24(17)19)26(20)32/h1,3-4,6-9,13-14H,2,5,10-12,15-16,27H2. The Labute approximate surface area is 186 Å². The normalized spacial score (nSPS) is 15.6. The van der Waals surface area contributed by atoms with Crippen LogP contribution >= 0.6 is 0 Å². The van der Waals surface area contributed by atoms with Gasteiger partial charge in [0.05, 0.1) is 11.2 Å². The third-order valence-corrected chi connectivity index (χ3v) is 6.67. The van der Waals surface area contributed by atoms with Crippen molar-refractivity contribution in [3.05, 3.63) is 87.5 Å². The highest BCUT2D eigenvalue weighted by Crippen LogP contribution is 2.26. The van der Waals surface area contributed by atoms with Gasteiger partial charge >= 0.3 is 0 Å². The van der Waals surface area contributed by atoms with Crippen LogP contribution < -0.4 is 11.3 Å². The molecule has 2 aliphatic rings. The molecule has 2 N–H and O–H groups in total. The van der Waals surface area contributed by atoms with E-state index in [1.54, 1.807) is 0 Å². The second-order valence-electron chi connectivity index (χ2n) is 8.83. The van der Waals surface area contributed by atoms with Crippen LogP contribution in [0.25, 0.3) is 22.3 Å². The van der Waals surface area contributed by atoms with Crippen LogP contribution in [0.1, 0.15) is 28.8 Å². The summed E-state index contributed by atoms with van der Waals surface area (Å²) in [6.45, 7) is 3.10. The number of nitrogen functional groups attached to an aromatic ring is 1. The molecular formula is C26H25N5O. The van der Waals surface area contributed by atoms with E-state index >= 15 is 0 Å². The molecule has 6 rings (SSSR count). The molecule has 2 aliphatic heterocycles. The smallest absolute Gasteiger partial charge is 0.255 e. The first-order chi connectivity index (χ1) is 15.7. The summed E-state index contributed by atoms with van der Waals surface area (Å²) in [7, 11) is 0. The van der Waals surface area contributed by atoms with E-state index in [4.69, 9.17) is 10.7 Å². The third kappa shape index (κ3) is 3.28. The Morgan fingerprint density at radius 2 is 1.88 bits per heavy atom. The fourth-order valence-corrected chi connectivity index (χ4v) is 5.06. The van der Waals surface area contributed by atoms with Crippen molar-refractivity contribution in [1.82, 2.24) is 19.4 Å². The van der Waals surface area contributed by atoms with E-state index < -0.39 is 0 Å². The number of hydrogen-bond donors (Lipinski definition) is 1. The molecule has 6 nitrogen and oxygen atoms in total. The van der Waals surface area contributed by atoms with Gasteiger partial charge in [0.1, 0.15) is 0 Å². The fourth-order valence-electron chi connectivity index (χ4n) is 5.06. The predicted octanol–water partition coefficient (Wildman–Crippen LogP) is 3.55. The number of fused-ring (bicyclic) bond motifs is 1. The van der Waals surface area contributed by atoms with Crippen LogP contribution in [-0.4, -0.2) is 26.0 Å². The van der Waals surface area contributed by atoms with Crippen LogP contribution in [0, 0.1) is 0 Å². The van der Waals surface area contributed by atoms with Crippen molar-refractivity contribution in [2.45, 2.75) is 38.9 Å². The Hall–Kier alpha value is -3.51. The van der Waals surface area contributed by atoms with Gasteiger partial charge in [0.2, 0.25) is 0 Å². The monoisotopic (exact) mass is 423 g/mol. The molecule has 6 heteroatoms. The minimum atomic E-state index is 0.158. The Morgan fingerprint density at radius 1 is 1.00 bits per heavy atom. The second kappa shape index (κ2) is 7.57. The third-order valence-electron chi connectivity index (χ3n) is 6.67. The average Bonchev–Trinajstić information content (AvgIpc) is 2.82. The highest BCUT2D eigenvalue weighted by atomic mass is 16.1. The van der Waals surface area contributed by atoms with E-state index in [0.717, 1.165) is 78.3 Å². The minimum absolute atomic E-state index is 0.158. The maximum Gasteiger partial charge on any atom is 0.255 e. The van der Waals surface area contributed by atoms with E-state index in [9.17, 15) is 4.79 Å². The summed E-state index contributed by atoms with van der Waals surface area (Å²) in [6.07, 6.45) is 4.87. The summed E-state index contributed by atoms with van der Waals surface area (Å²) in [5, 5.41) is 1.17. The summed E-state index contributed by atoms with van der Waals surface area (Å²) < 4.78 is 1.99. The number of aryl methyl sites for hydroxylation is 2. The van der Waals surface area contributed by atoms with Crippen molar-refractivity contribution < 1.29 is 0 Å². The number of para-hydroxylation sites is 1. The first kappa shape index (κ1) is 19.2. The molecule has 4 aromatic rings. The van der Waals surface area contributed by atoms with Gasteiger partial charge in [-0.25, -0.2) is 9.97 Å². The highest BCUT2D eigenvalue weighted by Gasteiger charge is 2.22. The zero-order chi connectivity index (χ0) is 21.7. The van der Waals surface area contributed by atoms with Crippen molar-refractivity contribution in [1.29, 1.82) is 0 Å². The van der Waals surface area contributed by atoms with Gasteiger partial charge in [-0.2, -0.15) is 0 Å². The fraction of sp³-hybridized carbons (Fsp3) is 0.269. The minimum Gasteiger partial charge on any atom is -0.399 e. The summed E-state index contributed by atoms with van der Waals surface area (Å²) >= 11 is 0. The lowest BCUT2D eigenvalue weighted by Crippen LogP contribution is -2.35. The molecule has 32 heavy (non-hydrogen) atoms. The summed E-state index contributed by atoms with van der Waals surface area (Å²) in [6, 6.07) is 16.1. The summed E-state index contributed by atoms with van der Waals surface area (Å²) in [4.78, 5) is 25.0. The van der Waals surface area contributed by atoms with Crippen molar-refractivity contribution in [2.75, 3.05) is 12.3 Å². The van der Waals surface area contributed by atoms with Crippen LogP contribution in [-0.2, 0) is 32.5 Å². The summed E-state index contributed by atoms with van der Waals surface area (Å²) in [5.74, 6) is 0.736. The molecule has 0 fully saturated rings. The molecule has 160 valence electrons. The largest absolute Gasteiger partial charge is 0.399 e. The Morgan fingerprint density at radius 3 is 2.75 bits per heavy atom. The number of nitrogens with two attached hydrogens (primary N) is 1. The lowest BCUT2D eigenvalue weighted by Gasteiger charge is -2.28. The molecule has 0 radical (unpaired) electrons. The molecule has 0 amide bonds. The van der Waals surface area contributed by atoms with Gasteiger partial charge < -0.3 is 10.3 Å². The molecular weight excluding hydrogens is 398 g/mol. The number of hydrogen-bond acceptors (Lipinski definition) is 5. The lowest BCUT2D eigenvalue weighted by molar-refractivity contribution is 0.241. The van der Waals surface area contributed by atoms with E-state index in [2.05, 4.69) is 34.1 Å². The van der Waals surface area contributed by atoms with Crippen molar-refractivity contribution in [3.63, 3.8) is 0 Å². The van der Waals surface area contributed by atoms with Gasteiger partial charge in [0, 0.05) is 61.2 Å². The molecule has 0 saturated heterocycles. The van der Waals surface area contributed by atoms with Crippen LogP contribution in [0.5, 0.6) is 0 Å². The molecule has 2 aromatic heterocycles. The second-order valence-corrected chi connectivity index (χ2v) is 8.83. The number of aromatic nitrogens is 3. The molecule has 0 bridgehead atoms. The Bertz CT molecular complexity index is 1390. The number of benzene rings is 2. The predicted molar refractivity (Wildman–Crippen MR) is 126 cm³/mol. The molecule has 2 aromatic carbocycles. The van der Waals surface area contributed by atoms with Gasteiger partial charge in [-0.1, -0.05) is 18.2 Å². The number of nitrogens with zero attached hydrogens (tertiary/aromatic N) is 4. The average molecular weight is 424 g/mol. The zero-order valence-electron chi connectivity index (χ0n) is 17.9. The topological polar surface area (TPSA) is 77.0 Å². The van der Waals surface area contributed by atoms with Gasteiger partial charge in [-0.05, 0) is 54.1 Å². The first-order valence-corrected chi connectivity index (χ1v) is 11.2. The number of rotatable bonds is 3. The first-order valence-electron chi connectivity index (χ1n) is 11.2. The zero-order valence-corrected chi connectivity index (χ0v) is 17.9. The van der Waals surface area contributed by atoms with Crippen molar-refractivity contribution in [3.8, 4) is 11.4 Å². The van der Waals surface area contributed by atoms with Crippen LogP contribution in [0.3, 0.4) is 0 Å². The Balaban J connectivity index is 1.27. The molecule has 0 aliphatic carbocycles. The quantitative estimate of drug-likeness (QED) is 0.510. The maximum absolute atomic E-state index is 13.2. The van der Waals surface area contributed by atoms with E-state index in [-0.39, 0.29) is 5.56 Å². The highest BCUT2D eigenvalue weighted by molar-refractivity contribution is 5.83. The maximum atomic E-state index is 13.2. The number of anilines is 1. The van der Waals surface area contributed by atoms with Gasteiger partial charge in [0.25, 0.3) is 5.56 Å². The van der Waals surface area contributed by atoms with Crippen LogP contribution in [0.15, 0.2) is 59.5 Å². The lowest BCUT2D eigenvalue weighted by atomic mass is 9.99. The van der Waals surface area contributed by atoms with Crippen molar-refractivity contribution in [2.24, 2.45) is 0 Å². The van der Waals surface area contributed by atoms with Gasteiger partial charge in [-0.15, -0.1) is 0 Å². The molecule has 0 unspecified atom stereocenters. The molecule has 0 atom stereocenters. The van der Waals surface area contributed by atoms with Crippen molar-refractivity contribution >= 4 is 16.6 Å². The van der Waals surface area contributed by atoms with E-state index in [0.29, 0.717) is 6.54 Å². The molecule has 0 saturated carbocycles. The van der Waals surface area contributed by atoms with E-state index in [1.807, 2.05) is 35.0 Å². The molecule has 4 heterocycles. The molecule has 0 spiro atoms. The summed E-state index contributed by atoms with van der Waals surface area (Å²) in [5.41, 5.74) is 13.2. The van der Waals surface area contributed by atoms with E-state index in [1.165, 1.54) is 10.9 Å². The van der Waals surface area contributed by atoms with Crippen LogP contribution in [0.2, 0.25) is 0 Å². The number of pyridine rings is 1. The SMILES string of the molecule is Nc1ccc(-c2ncc3c(n2)CCN(Cc2cc4cccc5c4n(c2=O)CCC5)C3)cc1. The van der Waals surface area contributed by atoms with Gasteiger partial charge in [-0.3, -0.25) is 9.69 Å². The van der Waals surface area contributed by atoms with Crippen LogP contribution in [0.4, 0.5) is 5.69 Å².